The Kier molecular flexibility index (Phi) is 2.46. The van der Waals surface area contributed by atoms with Crippen LogP contribution in [0.5, 0.6) is 0 Å². The number of nitrogens with one attached hydrogen (secondary N) is 1. The van der Waals surface area contributed by atoms with Crippen LogP contribution >= 0.6 is 0 Å². The molecule has 88 valence electrons. The van der Waals surface area contributed by atoms with Crippen LogP contribution in [0, 0.1) is 17.8 Å². The minimum absolute atomic E-state index is 0.452. The maximum absolute atomic E-state index is 4.04. The van der Waals surface area contributed by atoms with E-state index in [-0.39, 0.29) is 0 Å². The van der Waals surface area contributed by atoms with E-state index in [1.165, 1.54) is 31.4 Å². The molecule has 0 aromatic carbocycles. The minimum atomic E-state index is 0.452. The summed E-state index contributed by atoms with van der Waals surface area (Å²) in [6.45, 7) is 0. The van der Waals surface area contributed by atoms with Crippen molar-refractivity contribution in [1.29, 1.82) is 0 Å². The maximum Gasteiger partial charge on any atom is 0.0756 e. The van der Waals surface area contributed by atoms with Crippen LogP contribution in [0.25, 0.3) is 0 Å². The van der Waals surface area contributed by atoms with Gasteiger partial charge in [-0.2, -0.15) is 0 Å². The fourth-order valence-electron chi connectivity index (χ4n) is 3.66. The van der Waals surface area contributed by atoms with Gasteiger partial charge in [-0.1, -0.05) is 18.1 Å². The van der Waals surface area contributed by atoms with Gasteiger partial charge in [-0.15, -0.1) is 5.10 Å². The Balaban J connectivity index is 1.80. The molecule has 2 saturated carbocycles. The normalized spacial score (nSPS) is 34.5. The zero-order chi connectivity index (χ0) is 11.1. The highest BCUT2D eigenvalue weighted by atomic mass is 15.4. The second kappa shape index (κ2) is 3.84. The van der Waals surface area contributed by atoms with Gasteiger partial charge in [0.15, 0.2) is 0 Å². The lowest BCUT2D eigenvalue weighted by Gasteiger charge is -2.15. The Morgan fingerprint density at radius 1 is 1.38 bits per heavy atom. The van der Waals surface area contributed by atoms with E-state index >= 15 is 0 Å². The standard InChI is InChI=1S/C12H20N4/c1-13-12(10-7-14-15-16(10)2)11-8-5-3-4-6-9(8)11/h7-9,11-13H,3-6H2,1-2H3. The Labute approximate surface area is 96.4 Å². The van der Waals surface area contributed by atoms with E-state index in [4.69, 9.17) is 0 Å². The molecule has 2 aliphatic carbocycles. The summed E-state index contributed by atoms with van der Waals surface area (Å²) < 4.78 is 1.91. The van der Waals surface area contributed by atoms with E-state index in [2.05, 4.69) is 22.7 Å². The fourth-order valence-corrected chi connectivity index (χ4v) is 3.66. The van der Waals surface area contributed by atoms with Crippen LogP contribution in [0.4, 0.5) is 0 Å². The van der Waals surface area contributed by atoms with Crippen LogP contribution in [0.2, 0.25) is 0 Å². The van der Waals surface area contributed by atoms with Gasteiger partial charge in [0.25, 0.3) is 0 Å². The highest BCUT2D eigenvalue weighted by Gasteiger charge is 2.54. The monoisotopic (exact) mass is 220 g/mol. The lowest BCUT2D eigenvalue weighted by atomic mass is 10.0. The highest BCUT2D eigenvalue weighted by molar-refractivity contribution is 5.13. The predicted molar refractivity (Wildman–Crippen MR) is 61.7 cm³/mol. The van der Waals surface area contributed by atoms with Gasteiger partial charge < -0.3 is 5.32 Å². The highest BCUT2D eigenvalue weighted by Crippen LogP contribution is 2.60. The Bertz CT molecular complexity index is 361. The van der Waals surface area contributed by atoms with Crippen molar-refractivity contribution < 1.29 is 0 Å². The molecule has 1 aromatic heterocycles. The molecule has 4 nitrogen and oxygen atoms in total. The van der Waals surface area contributed by atoms with Crippen molar-refractivity contribution in [2.24, 2.45) is 24.8 Å². The molecule has 3 atom stereocenters. The fraction of sp³-hybridized carbons (Fsp3) is 0.833. The lowest BCUT2D eigenvalue weighted by Crippen LogP contribution is -2.22. The molecule has 0 radical (unpaired) electrons. The van der Waals surface area contributed by atoms with Crippen molar-refractivity contribution in [3.05, 3.63) is 11.9 Å². The molecule has 1 aromatic rings. The van der Waals surface area contributed by atoms with Gasteiger partial charge in [0, 0.05) is 7.05 Å². The molecule has 3 rings (SSSR count). The van der Waals surface area contributed by atoms with Crippen molar-refractivity contribution in [2.45, 2.75) is 31.7 Å². The third-order valence-electron chi connectivity index (χ3n) is 4.49. The van der Waals surface area contributed by atoms with Crippen LogP contribution in [-0.2, 0) is 7.05 Å². The lowest BCUT2D eigenvalue weighted by molar-refractivity contribution is 0.450. The topological polar surface area (TPSA) is 42.7 Å². The molecule has 16 heavy (non-hydrogen) atoms. The van der Waals surface area contributed by atoms with Crippen LogP contribution in [0.3, 0.4) is 0 Å². The molecular weight excluding hydrogens is 200 g/mol. The molecule has 0 amide bonds. The summed E-state index contributed by atoms with van der Waals surface area (Å²) >= 11 is 0. The number of aryl methyl sites for hydroxylation is 1. The Hall–Kier alpha value is -0.900. The van der Waals surface area contributed by atoms with Crippen molar-refractivity contribution in [2.75, 3.05) is 7.05 Å². The van der Waals surface area contributed by atoms with E-state index in [1.54, 1.807) is 0 Å². The molecule has 0 saturated heterocycles. The quantitative estimate of drug-likeness (QED) is 0.839. The average molecular weight is 220 g/mol. The maximum atomic E-state index is 4.04. The van der Waals surface area contributed by atoms with E-state index in [0.717, 1.165) is 17.8 Å². The number of hydrogen-bond acceptors (Lipinski definition) is 3. The van der Waals surface area contributed by atoms with E-state index in [0.29, 0.717) is 6.04 Å². The summed E-state index contributed by atoms with van der Waals surface area (Å²) in [4.78, 5) is 0. The molecule has 2 aliphatic rings. The Morgan fingerprint density at radius 2 is 2.06 bits per heavy atom. The summed E-state index contributed by atoms with van der Waals surface area (Å²) in [5, 5.41) is 11.5. The zero-order valence-electron chi connectivity index (χ0n) is 10.1. The van der Waals surface area contributed by atoms with E-state index in [1.807, 2.05) is 17.9 Å². The van der Waals surface area contributed by atoms with Crippen molar-refractivity contribution in [1.82, 2.24) is 20.3 Å². The first-order chi connectivity index (χ1) is 7.83. The largest absolute Gasteiger partial charge is 0.311 e. The first-order valence-corrected chi connectivity index (χ1v) is 6.34. The van der Waals surface area contributed by atoms with Crippen molar-refractivity contribution in [3.8, 4) is 0 Å². The minimum Gasteiger partial charge on any atom is -0.311 e. The number of hydrogen-bond donors (Lipinski definition) is 1. The molecule has 4 heteroatoms. The predicted octanol–water partition coefficient (Wildman–Crippen LogP) is 1.51. The molecule has 1 heterocycles. The molecular formula is C12H20N4. The van der Waals surface area contributed by atoms with Gasteiger partial charge in [-0.3, -0.25) is 4.68 Å². The summed E-state index contributed by atoms with van der Waals surface area (Å²) in [6.07, 6.45) is 7.62. The summed E-state index contributed by atoms with van der Waals surface area (Å²) in [5.74, 6) is 2.74. The van der Waals surface area contributed by atoms with Gasteiger partial charge in [-0.25, -0.2) is 0 Å². The van der Waals surface area contributed by atoms with Gasteiger partial charge >= 0.3 is 0 Å². The van der Waals surface area contributed by atoms with Crippen LogP contribution in [-0.4, -0.2) is 22.0 Å². The Morgan fingerprint density at radius 3 is 2.56 bits per heavy atom. The molecule has 3 unspecified atom stereocenters. The van der Waals surface area contributed by atoms with Crippen LogP contribution in [0.1, 0.15) is 37.4 Å². The third kappa shape index (κ3) is 1.47. The first-order valence-electron chi connectivity index (χ1n) is 6.34. The molecule has 0 spiro atoms. The van der Waals surface area contributed by atoms with E-state index < -0.39 is 0 Å². The third-order valence-corrected chi connectivity index (χ3v) is 4.49. The van der Waals surface area contributed by atoms with Crippen molar-refractivity contribution >= 4 is 0 Å². The molecule has 2 fully saturated rings. The smallest absolute Gasteiger partial charge is 0.0756 e. The second-order valence-corrected chi connectivity index (χ2v) is 5.24. The summed E-state index contributed by atoms with van der Waals surface area (Å²) in [6, 6.07) is 0.452. The van der Waals surface area contributed by atoms with Gasteiger partial charge in [0.2, 0.25) is 0 Å². The number of nitrogens with zero attached hydrogens (tertiary/aromatic N) is 3. The number of fused-ring (bicyclic) bond motifs is 1. The SMILES string of the molecule is CNC(c1cnnn1C)C1C2CCCCC21. The number of rotatable bonds is 3. The molecule has 0 bridgehead atoms. The van der Waals surface area contributed by atoms with Gasteiger partial charge in [0.05, 0.1) is 17.9 Å². The van der Waals surface area contributed by atoms with Crippen molar-refractivity contribution in [3.63, 3.8) is 0 Å². The van der Waals surface area contributed by atoms with Crippen LogP contribution in [0.15, 0.2) is 6.20 Å². The van der Waals surface area contributed by atoms with E-state index in [9.17, 15) is 0 Å². The average Bonchev–Trinajstić information content (AvgIpc) is 2.87. The summed E-state index contributed by atoms with van der Waals surface area (Å²) in [5.41, 5.74) is 1.24. The van der Waals surface area contributed by atoms with Gasteiger partial charge in [0.1, 0.15) is 0 Å². The second-order valence-electron chi connectivity index (χ2n) is 5.24. The van der Waals surface area contributed by atoms with Gasteiger partial charge in [-0.05, 0) is 37.6 Å². The molecule has 1 N–H and O–H groups in total. The zero-order valence-corrected chi connectivity index (χ0v) is 10.1. The van der Waals surface area contributed by atoms with Crippen LogP contribution < -0.4 is 5.32 Å². The molecule has 0 aliphatic heterocycles. The number of aromatic nitrogens is 3. The summed E-state index contributed by atoms with van der Waals surface area (Å²) in [7, 11) is 4.04. The first kappa shape index (κ1) is 10.3.